The molecule has 0 saturated heterocycles. The second-order valence-corrected chi connectivity index (χ2v) is 7.41. The van der Waals surface area contributed by atoms with E-state index < -0.39 is 0 Å². The van der Waals surface area contributed by atoms with Gasteiger partial charge in [-0.05, 0) is 30.5 Å². The van der Waals surface area contributed by atoms with E-state index in [1.54, 1.807) is 11.3 Å². The van der Waals surface area contributed by atoms with Crippen molar-refractivity contribution < 1.29 is 4.74 Å². The Morgan fingerprint density at radius 3 is 2.71 bits per heavy atom. The smallest absolute Gasteiger partial charge is 0.194 e. The molecule has 7 nitrogen and oxygen atoms in total. The maximum atomic E-state index is 5.81. The maximum Gasteiger partial charge on any atom is 0.194 e. The average molecular weight is 399 g/mol. The molecule has 0 spiro atoms. The summed E-state index contributed by atoms with van der Waals surface area (Å²) in [6.45, 7) is 4.42. The number of thiophene rings is 1. The number of hydrogen-bond acceptors (Lipinski definition) is 5. The summed E-state index contributed by atoms with van der Waals surface area (Å²) in [6.07, 6.45) is 0. The van der Waals surface area contributed by atoms with Crippen LogP contribution in [0.3, 0.4) is 0 Å². The zero-order chi connectivity index (χ0) is 19.8. The van der Waals surface area contributed by atoms with Gasteiger partial charge in [0.05, 0.1) is 13.1 Å². The van der Waals surface area contributed by atoms with Gasteiger partial charge in [0, 0.05) is 19.0 Å². The minimum atomic E-state index is 0.466. The van der Waals surface area contributed by atoms with Crippen molar-refractivity contribution in [3.05, 3.63) is 64.4 Å². The first-order valence-corrected chi connectivity index (χ1v) is 10.1. The summed E-state index contributed by atoms with van der Waals surface area (Å²) in [5, 5.41) is 13.8. The van der Waals surface area contributed by atoms with Crippen molar-refractivity contribution in [3.63, 3.8) is 0 Å². The molecule has 0 aliphatic heterocycles. The number of nitrogens with zero attached hydrogens (tertiary/aromatic N) is 5. The molecule has 0 radical (unpaired) electrons. The minimum absolute atomic E-state index is 0.466. The van der Waals surface area contributed by atoms with E-state index in [0.29, 0.717) is 19.7 Å². The van der Waals surface area contributed by atoms with E-state index in [-0.39, 0.29) is 0 Å². The number of likely N-dealkylation sites (N-methyl/N-ethyl adjacent to an activating group) is 1. The van der Waals surface area contributed by atoms with Crippen LogP contribution in [0.25, 0.3) is 0 Å². The van der Waals surface area contributed by atoms with Crippen molar-refractivity contribution in [3.8, 4) is 5.75 Å². The highest BCUT2D eigenvalue weighted by molar-refractivity contribution is 7.09. The topological polar surface area (TPSA) is 67.6 Å². The zero-order valence-corrected chi connectivity index (χ0v) is 17.3. The van der Waals surface area contributed by atoms with Crippen LogP contribution in [0.1, 0.15) is 16.5 Å². The molecule has 28 heavy (non-hydrogen) atoms. The molecule has 0 unspecified atom stereocenters. The minimum Gasteiger partial charge on any atom is -0.492 e. The van der Waals surface area contributed by atoms with Gasteiger partial charge in [-0.15, -0.1) is 21.5 Å². The monoisotopic (exact) mass is 398 g/mol. The van der Waals surface area contributed by atoms with E-state index in [1.807, 2.05) is 55.9 Å². The van der Waals surface area contributed by atoms with Crippen LogP contribution in [-0.2, 0) is 20.1 Å². The fourth-order valence-corrected chi connectivity index (χ4v) is 3.19. The lowest BCUT2D eigenvalue weighted by Crippen LogP contribution is -2.40. The molecule has 8 heteroatoms. The molecule has 148 valence electrons. The van der Waals surface area contributed by atoms with E-state index in [2.05, 4.69) is 37.9 Å². The molecule has 3 rings (SSSR count). The summed E-state index contributed by atoms with van der Waals surface area (Å²) >= 11 is 1.72. The molecular formula is C20H26N6OS. The fraction of sp³-hybridized carbons (Fsp3) is 0.350. The van der Waals surface area contributed by atoms with Crippen molar-refractivity contribution in [2.24, 2.45) is 12.0 Å². The molecule has 2 aromatic heterocycles. The number of guanidine groups is 1. The predicted octanol–water partition coefficient (Wildman–Crippen LogP) is 2.84. The molecule has 0 atom stereocenters. The van der Waals surface area contributed by atoms with Crippen molar-refractivity contribution in [2.75, 3.05) is 20.2 Å². The highest BCUT2D eigenvalue weighted by atomic mass is 32.1. The highest BCUT2D eigenvalue weighted by Gasteiger charge is 2.10. The van der Waals surface area contributed by atoms with Crippen molar-refractivity contribution in [1.29, 1.82) is 0 Å². The summed E-state index contributed by atoms with van der Waals surface area (Å²) in [4.78, 5) is 8.08. The lowest BCUT2D eigenvalue weighted by atomic mass is 10.3. The number of para-hydroxylation sites is 1. The number of aromatic nitrogens is 3. The van der Waals surface area contributed by atoms with Gasteiger partial charge in [-0.1, -0.05) is 24.3 Å². The lowest BCUT2D eigenvalue weighted by Gasteiger charge is -2.22. The Hall–Kier alpha value is -2.87. The first-order chi connectivity index (χ1) is 13.6. The summed E-state index contributed by atoms with van der Waals surface area (Å²) in [5.74, 6) is 3.39. The fourth-order valence-electron chi connectivity index (χ4n) is 2.55. The molecule has 2 heterocycles. The summed E-state index contributed by atoms with van der Waals surface area (Å²) in [6, 6.07) is 14.0. The van der Waals surface area contributed by atoms with Crippen LogP contribution in [0.4, 0.5) is 0 Å². The molecule has 0 fully saturated rings. The van der Waals surface area contributed by atoms with Crippen LogP contribution in [-0.4, -0.2) is 45.8 Å². The van der Waals surface area contributed by atoms with Gasteiger partial charge in [-0.25, -0.2) is 4.99 Å². The van der Waals surface area contributed by atoms with Gasteiger partial charge < -0.3 is 19.5 Å². The summed E-state index contributed by atoms with van der Waals surface area (Å²) in [7, 11) is 3.97. The molecule has 3 aromatic rings. The molecule has 0 bridgehead atoms. The molecule has 0 aliphatic rings. The molecule has 1 N–H and O–H groups in total. The molecular weight excluding hydrogens is 372 g/mol. The molecule has 0 amide bonds. The Bertz CT molecular complexity index is 876. The third-order valence-electron chi connectivity index (χ3n) is 4.35. The Morgan fingerprint density at radius 1 is 1.21 bits per heavy atom. The first kappa shape index (κ1) is 19.9. The van der Waals surface area contributed by atoms with Gasteiger partial charge in [-0.2, -0.15) is 0 Å². The van der Waals surface area contributed by atoms with Gasteiger partial charge in [0.2, 0.25) is 0 Å². The SMILES string of the molecule is Cc1nnc(CN=C(NCc2cccs2)N(C)CCOc2ccccc2)n1C. The van der Waals surface area contributed by atoms with Gasteiger partial charge in [0.15, 0.2) is 11.8 Å². The summed E-state index contributed by atoms with van der Waals surface area (Å²) < 4.78 is 7.77. The number of ether oxygens (including phenoxy) is 1. The largest absolute Gasteiger partial charge is 0.492 e. The molecule has 0 aliphatic carbocycles. The second kappa shape index (κ2) is 9.89. The van der Waals surface area contributed by atoms with E-state index in [0.717, 1.165) is 29.9 Å². The number of aryl methyl sites for hydroxylation is 1. The molecule has 1 aromatic carbocycles. The van der Waals surface area contributed by atoms with E-state index in [4.69, 9.17) is 9.73 Å². The first-order valence-electron chi connectivity index (χ1n) is 9.18. The van der Waals surface area contributed by atoms with E-state index in [1.165, 1.54) is 4.88 Å². The van der Waals surface area contributed by atoms with Gasteiger partial charge in [-0.3, -0.25) is 0 Å². The maximum absolute atomic E-state index is 5.81. The van der Waals surface area contributed by atoms with Crippen LogP contribution in [0.2, 0.25) is 0 Å². The van der Waals surface area contributed by atoms with E-state index >= 15 is 0 Å². The number of rotatable bonds is 8. The third-order valence-corrected chi connectivity index (χ3v) is 5.23. The Labute approximate surface area is 169 Å². The average Bonchev–Trinajstić information content (AvgIpc) is 3.34. The number of aliphatic imine (C=N–C) groups is 1. The van der Waals surface area contributed by atoms with Crippen LogP contribution >= 0.6 is 11.3 Å². The van der Waals surface area contributed by atoms with Gasteiger partial charge >= 0.3 is 0 Å². The van der Waals surface area contributed by atoms with Gasteiger partial charge in [0.25, 0.3) is 0 Å². The van der Waals surface area contributed by atoms with Crippen LogP contribution in [0, 0.1) is 6.92 Å². The second-order valence-electron chi connectivity index (χ2n) is 6.38. The normalized spacial score (nSPS) is 11.5. The quantitative estimate of drug-likeness (QED) is 0.467. The van der Waals surface area contributed by atoms with Crippen molar-refractivity contribution in [2.45, 2.75) is 20.0 Å². The van der Waals surface area contributed by atoms with E-state index in [9.17, 15) is 0 Å². The standard InChI is InChI=1S/C20H26N6OS/c1-16-23-24-19(26(16)3)15-22-20(21-14-18-10-7-13-28-18)25(2)11-12-27-17-8-5-4-6-9-17/h4-10,13H,11-12,14-15H2,1-3H3,(H,21,22). The molecule has 0 saturated carbocycles. The van der Waals surface area contributed by atoms with Crippen LogP contribution in [0.15, 0.2) is 52.8 Å². The zero-order valence-electron chi connectivity index (χ0n) is 16.5. The lowest BCUT2D eigenvalue weighted by molar-refractivity contribution is 0.281. The Balaban J connectivity index is 1.61. The predicted molar refractivity (Wildman–Crippen MR) is 113 cm³/mol. The highest BCUT2D eigenvalue weighted by Crippen LogP contribution is 2.09. The Kier molecular flexibility index (Phi) is 7.02. The summed E-state index contributed by atoms with van der Waals surface area (Å²) in [5.41, 5.74) is 0. The number of benzene rings is 1. The third kappa shape index (κ3) is 5.56. The number of hydrogen-bond donors (Lipinski definition) is 1. The van der Waals surface area contributed by atoms with Gasteiger partial charge in [0.1, 0.15) is 24.7 Å². The van der Waals surface area contributed by atoms with Crippen molar-refractivity contribution in [1.82, 2.24) is 25.0 Å². The number of nitrogens with one attached hydrogen (secondary N) is 1. The van der Waals surface area contributed by atoms with Crippen molar-refractivity contribution >= 4 is 17.3 Å². The Morgan fingerprint density at radius 2 is 2.04 bits per heavy atom. The van der Waals surface area contributed by atoms with Crippen LogP contribution < -0.4 is 10.1 Å². The van der Waals surface area contributed by atoms with Crippen LogP contribution in [0.5, 0.6) is 5.75 Å².